The minimum atomic E-state index is -1.13. The second-order valence-electron chi connectivity index (χ2n) is 4.46. The molecule has 0 heterocycles. The van der Waals surface area contributed by atoms with Crippen LogP contribution in [0, 0.1) is 5.41 Å². The number of carbonyl (C=O) groups excluding carboxylic acids is 1. The summed E-state index contributed by atoms with van der Waals surface area (Å²) >= 11 is 0. The van der Waals surface area contributed by atoms with Crippen LogP contribution in [0.2, 0.25) is 0 Å². The van der Waals surface area contributed by atoms with E-state index >= 15 is 0 Å². The van der Waals surface area contributed by atoms with Gasteiger partial charge in [0.15, 0.2) is 0 Å². The van der Waals surface area contributed by atoms with Crippen molar-refractivity contribution in [3.63, 3.8) is 0 Å². The highest BCUT2D eigenvalue weighted by molar-refractivity contribution is 5.80. The predicted octanol–water partition coefficient (Wildman–Crippen LogP) is 1.57. The molecular weight excluding hydrogens is 217 g/mol. The van der Waals surface area contributed by atoms with Gasteiger partial charge in [-0.1, -0.05) is 20.8 Å². The molecule has 0 saturated carbocycles. The van der Waals surface area contributed by atoms with Gasteiger partial charge in [0, 0.05) is 6.42 Å². The van der Waals surface area contributed by atoms with Crippen molar-refractivity contribution in [2.45, 2.75) is 33.2 Å². The lowest BCUT2D eigenvalue weighted by molar-refractivity contribution is -0.142. The Morgan fingerprint density at radius 2 is 2.00 bits per heavy atom. The van der Waals surface area contributed by atoms with Gasteiger partial charge in [-0.05, 0) is 5.41 Å². The average molecular weight is 235 g/mol. The van der Waals surface area contributed by atoms with Crippen molar-refractivity contribution in [1.82, 2.24) is 5.32 Å². The summed E-state index contributed by atoms with van der Waals surface area (Å²) in [5.41, 5.74) is -0.620. The molecule has 0 aromatic heterocycles. The summed E-state index contributed by atoms with van der Waals surface area (Å²) in [5, 5.41) is 11.1. The van der Waals surface area contributed by atoms with Crippen LogP contribution in [0.15, 0.2) is 0 Å². The lowest BCUT2D eigenvalue weighted by Crippen LogP contribution is -2.49. The molecule has 16 heavy (non-hydrogen) atoms. The molecule has 0 rings (SSSR count). The van der Waals surface area contributed by atoms with Crippen molar-refractivity contribution in [3.8, 4) is 0 Å². The monoisotopic (exact) mass is 235 g/mol. The number of rotatable bonds is 5. The topological polar surface area (TPSA) is 75.6 Å². The van der Waals surface area contributed by atoms with Crippen molar-refractivity contribution in [2.24, 2.45) is 5.41 Å². The molecule has 1 unspecified atom stereocenters. The standard InChI is InChI=1S/C10H18FNO4/c1-10(2,3)7(8(13)14)12-9(15)16-6-4-5-11/h7H,4-6H2,1-3H3,(H,12,15)(H,13,14). The molecule has 1 amide bonds. The van der Waals surface area contributed by atoms with Crippen molar-refractivity contribution in [1.29, 1.82) is 0 Å². The third-order valence-corrected chi connectivity index (χ3v) is 1.89. The molecule has 0 spiro atoms. The van der Waals surface area contributed by atoms with Crippen LogP contribution in [0.25, 0.3) is 0 Å². The van der Waals surface area contributed by atoms with Crippen molar-refractivity contribution >= 4 is 12.1 Å². The van der Waals surface area contributed by atoms with Gasteiger partial charge >= 0.3 is 12.1 Å². The summed E-state index contributed by atoms with van der Waals surface area (Å²) in [7, 11) is 0. The van der Waals surface area contributed by atoms with E-state index in [1.54, 1.807) is 20.8 Å². The Hall–Kier alpha value is -1.33. The zero-order valence-corrected chi connectivity index (χ0v) is 9.75. The first-order chi connectivity index (χ1) is 7.29. The summed E-state index contributed by atoms with van der Waals surface area (Å²) in [5.74, 6) is -1.13. The Morgan fingerprint density at radius 1 is 1.44 bits per heavy atom. The maximum absolute atomic E-state index is 11.7. The molecule has 5 nitrogen and oxygen atoms in total. The van der Waals surface area contributed by atoms with E-state index in [-0.39, 0.29) is 13.0 Å². The van der Waals surface area contributed by atoms with Gasteiger partial charge in [0.1, 0.15) is 6.04 Å². The van der Waals surface area contributed by atoms with E-state index in [4.69, 9.17) is 5.11 Å². The van der Waals surface area contributed by atoms with E-state index < -0.39 is 30.2 Å². The summed E-state index contributed by atoms with van der Waals surface area (Å²) in [6.45, 7) is 4.43. The van der Waals surface area contributed by atoms with Crippen molar-refractivity contribution in [2.75, 3.05) is 13.3 Å². The molecule has 0 bridgehead atoms. The maximum Gasteiger partial charge on any atom is 0.407 e. The lowest BCUT2D eigenvalue weighted by Gasteiger charge is -2.27. The predicted molar refractivity (Wildman–Crippen MR) is 56.0 cm³/mol. The van der Waals surface area contributed by atoms with Crippen LogP contribution in [0.4, 0.5) is 9.18 Å². The van der Waals surface area contributed by atoms with E-state index in [1.807, 2.05) is 0 Å². The minimum absolute atomic E-state index is 0.0567. The second kappa shape index (κ2) is 6.30. The number of alkyl carbamates (subject to hydrolysis) is 1. The molecule has 1 atom stereocenters. The van der Waals surface area contributed by atoms with Crippen LogP contribution in [0.5, 0.6) is 0 Å². The molecule has 0 aliphatic rings. The van der Waals surface area contributed by atoms with Gasteiger partial charge in [-0.2, -0.15) is 0 Å². The number of hydrogen-bond acceptors (Lipinski definition) is 3. The number of alkyl halides is 1. The summed E-state index contributed by atoms with van der Waals surface area (Å²) < 4.78 is 16.3. The number of ether oxygens (including phenoxy) is 1. The summed E-state index contributed by atoms with van der Waals surface area (Å²) in [6, 6.07) is -1.04. The fraction of sp³-hybridized carbons (Fsp3) is 0.800. The first-order valence-electron chi connectivity index (χ1n) is 5.01. The van der Waals surface area contributed by atoms with E-state index in [0.29, 0.717) is 0 Å². The van der Waals surface area contributed by atoms with Gasteiger partial charge in [0.2, 0.25) is 0 Å². The van der Waals surface area contributed by atoms with Crippen LogP contribution in [0.1, 0.15) is 27.2 Å². The Bertz CT molecular complexity index is 250. The number of hydrogen-bond donors (Lipinski definition) is 2. The van der Waals surface area contributed by atoms with Gasteiger partial charge in [-0.15, -0.1) is 0 Å². The quantitative estimate of drug-likeness (QED) is 0.709. The van der Waals surface area contributed by atoms with Crippen molar-refractivity contribution in [3.05, 3.63) is 0 Å². The van der Waals surface area contributed by atoms with Gasteiger partial charge in [-0.25, -0.2) is 9.59 Å². The lowest BCUT2D eigenvalue weighted by atomic mass is 9.87. The highest BCUT2D eigenvalue weighted by Crippen LogP contribution is 2.19. The molecule has 6 heteroatoms. The molecule has 0 aromatic rings. The Balaban J connectivity index is 4.21. The molecule has 0 aliphatic heterocycles. The van der Waals surface area contributed by atoms with E-state index in [0.717, 1.165) is 0 Å². The first kappa shape index (κ1) is 14.7. The zero-order valence-electron chi connectivity index (χ0n) is 9.75. The van der Waals surface area contributed by atoms with Crippen LogP contribution < -0.4 is 5.32 Å². The van der Waals surface area contributed by atoms with E-state index in [2.05, 4.69) is 10.1 Å². The number of carbonyl (C=O) groups is 2. The Kier molecular flexibility index (Phi) is 5.77. The smallest absolute Gasteiger partial charge is 0.407 e. The number of amides is 1. The summed E-state index contributed by atoms with van der Waals surface area (Å²) in [6.07, 6.45) is -0.725. The molecule has 0 saturated heterocycles. The van der Waals surface area contributed by atoms with Crippen LogP contribution in [-0.4, -0.2) is 36.5 Å². The molecule has 94 valence electrons. The molecule has 0 aliphatic carbocycles. The molecule has 2 N–H and O–H groups in total. The minimum Gasteiger partial charge on any atom is -0.480 e. The number of aliphatic carboxylic acids is 1. The van der Waals surface area contributed by atoms with Crippen LogP contribution >= 0.6 is 0 Å². The first-order valence-corrected chi connectivity index (χ1v) is 5.01. The second-order valence-corrected chi connectivity index (χ2v) is 4.46. The van der Waals surface area contributed by atoms with Crippen LogP contribution in [0.3, 0.4) is 0 Å². The van der Waals surface area contributed by atoms with Gasteiger partial charge in [0.25, 0.3) is 0 Å². The van der Waals surface area contributed by atoms with Gasteiger partial charge in [-0.3, -0.25) is 4.39 Å². The fourth-order valence-corrected chi connectivity index (χ4v) is 1.03. The van der Waals surface area contributed by atoms with E-state index in [9.17, 15) is 14.0 Å². The maximum atomic E-state index is 11.7. The Morgan fingerprint density at radius 3 is 2.38 bits per heavy atom. The number of carboxylic acid groups (broad SMARTS) is 1. The highest BCUT2D eigenvalue weighted by Gasteiger charge is 2.32. The molecule has 0 aromatic carbocycles. The summed E-state index contributed by atoms with van der Waals surface area (Å²) in [4.78, 5) is 22.0. The third-order valence-electron chi connectivity index (χ3n) is 1.89. The number of nitrogens with one attached hydrogen (secondary N) is 1. The zero-order chi connectivity index (χ0) is 12.8. The SMILES string of the molecule is CC(C)(C)C(NC(=O)OCCCF)C(=O)O. The average Bonchev–Trinajstić information content (AvgIpc) is 2.12. The Labute approximate surface area is 94.0 Å². The van der Waals surface area contributed by atoms with Gasteiger partial charge in [0.05, 0.1) is 13.3 Å². The molecule has 0 fully saturated rings. The molecule has 0 radical (unpaired) electrons. The van der Waals surface area contributed by atoms with Gasteiger partial charge < -0.3 is 15.2 Å². The fourth-order valence-electron chi connectivity index (χ4n) is 1.03. The highest BCUT2D eigenvalue weighted by atomic mass is 19.1. The van der Waals surface area contributed by atoms with E-state index in [1.165, 1.54) is 0 Å². The molecular formula is C10H18FNO4. The number of carboxylic acids is 1. The normalized spacial score (nSPS) is 13.0. The third kappa shape index (κ3) is 5.53. The van der Waals surface area contributed by atoms with Crippen LogP contribution in [-0.2, 0) is 9.53 Å². The van der Waals surface area contributed by atoms with Crippen molar-refractivity contribution < 1.29 is 23.8 Å². The largest absolute Gasteiger partial charge is 0.480 e. The number of halogens is 1.